The van der Waals surface area contributed by atoms with Gasteiger partial charge in [-0.25, -0.2) is 0 Å². The van der Waals surface area contributed by atoms with Crippen LogP contribution >= 0.6 is 11.6 Å². The van der Waals surface area contributed by atoms with E-state index >= 15 is 0 Å². The third kappa shape index (κ3) is 4.43. The Balaban J connectivity index is 1.64. The summed E-state index contributed by atoms with van der Waals surface area (Å²) < 4.78 is 5.42. The smallest absolute Gasteiger partial charge is 0.266 e. The lowest BCUT2D eigenvalue weighted by atomic mass is 10.1. The number of ether oxygens (including phenoxy) is 1. The molecule has 0 atom stereocenters. The number of nitriles is 1. The highest BCUT2D eigenvalue weighted by Gasteiger charge is 2.18. The molecule has 0 spiro atoms. The summed E-state index contributed by atoms with van der Waals surface area (Å²) in [6, 6.07) is 13.4. The van der Waals surface area contributed by atoms with Gasteiger partial charge in [-0.3, -0.25) is 4.79 Å². The van der Waals surface area contributed by atoms with Crippen LogP contribution in [0, 0.1) is 11.3 Å². The van der Waals surface area contributed by atoms with Gasteiger partial charge in [-0.15, -0.1) is 0 Å². The Morgan fingerprint density at radius 3 is 2.87 bits per heavy atom. The number of aryl methyl sites for hydroxylation is 1. The molecule has 158 valence electrons. The van der Waals surface area contributed by atoms with Crippen LogP contribution in [0.3, 0.4) is 0 Å². The number of hydrogen-bond acceptors (Lipinski definition) is 4. The van der Waals surface area contributed by atoms with E-state index in [1.54, 1.807) is 18.2 Å². The molecule has 0 aliphatic carbocycles. The molecular weight excluding hydrogens is 412 g/mol. The van der Waals surface area contributed by atoms with Gasteiger partial charge in [0, 0.05) is 40.8 Å². The lowest BCUT2D eigenvalue weighted by Gasteiger charge is -2.30. The van der Waals surface area contributed by atoms with E-state index in [1.807, 2.05) is 30.5 Å². The molecule has 1 fully saturated rings. The molecule has 6 nitrogen and oxygen atoms in total. The van der Waals surface area contributed by atoms with Crippen LogP contribution in [0.15, 0.2) is 48.2 Å². The zero-order valence-corrected chi connectivity index (χ0v) is 18.0. The quantitative estimate of drug-likeness (QED) is 0.448. The molecular formula is C24H23ClN4O2. The van der Waals surface area contributed by atoms with Crippen molar-refractivity contribution in [1.29, 1.82) is 5.26 Å². The van der Waals surface area contributed by atoms with Crippen LogP contribution in [0.1, 0.15) is 18.1 Å². The van der Waals surface area contributed by atoms with Crippen LogP contribution in [0.2, 0.25) is 5.02 Å². The number of para-hydroxylation sites is 1. The number of carbonyl (C=O) groups is 1. The molecule has 2 N–H and O–H groups in total. The monoisotopic (exact) mass is 434 g/mol. The Bertz CT molecular complexity index is 1190. The van der Waals surface area contributed by atoms with E-state index in [0.717, 1.165) is 41.7 Å². The SMILES string of the molecule is CCc1cccc2c(/C=C(\C#N)C(=O)Nc3cc(Cl)ccc3N3CCOCC3)c[nH]c12. The predicted molar refractivity (Wildman–Crippen MR) is 124 cm³/mol. The number of benzene rings is 2. The number of morpholine rings is 1. The highest BCUT2D eigenvalue weighted by molar-refractivity contribution is 6.31. The molecule has 0 bridgehead atoms. The molecule has 0 saturated carbocycles. The Hall–Kier alpha value is -3.27. The van der Waals surface area contributed by atoms with Crippen LogP contribution < -0.4 is 10.2 Å². The van der Waals surface area contributed by atoms with Gasteiger partial charge in [0.15, 0.2) is 0 Å². The second-order valence-electron chi connectivity index (χ2n) is 7.32. The summed E-state index contributed by atoms with van der Waals surface area (Å²) in [5.74, 6) is -0.472. The molecule has 2 aromatic carbocycles. The van der Waals surface area contributed by atoms with E-state index in [9.17, 15) is 10.1 Å². The van der Waals surface area contributed by atoms with Gasteiger partial charge in [-0.2, -0.15) is 5.26 Å². The standard InChI is InChI=1S/C24H23ClN4O2/c1-2-16-4-3-5-20-18(15-27-23(16)20)12-17(14-26)24(30)28-21-13-19(25)6-7-22(21)29-8-10-31-11-9-29/h3-7,12-13,15,27H,2,8-11H2,1H3,(H,28,30)/b17-12+. The number of aromatic amines is 1. The van der Waals surface area contributed by atoms with E-state index in [-0.39, 0.29) is 5.57 Å². The van der Waals surface area contributed by atoms with E-state index in [2.05, 4.69) is 28.2 Å². The fourth-order valence-electron chi connectivity index (χ4n) is 3.83. The first kappa shape index (κ1) is 21.0. The summed E-state index contributed by atoms with van der Waals surface area (Å²) in [4.78, 5) is 18.4. The lowest BCUT2D eigenvalue weighted by Crippen LogP contribution is -2.36. The highest BCUT2D eigenvalue weighted by Crippen LogP contribution is 2.31. The molecule has 1 saturated heterocycles. The number of aromatic nitrogens is 1. The number of hydrogen-bond donors (Lipinski definition) is 2. The third-order valence-electron chi connectivity index (χ3n) is 5.44. The zero-order chi connectivity index (χ0) is 21.8. The van der Waals surface area contributed by atoms with Gasteiger partial charge in [0.2, 0.25) is 0 Å². The first-order valence-electron chi connectivity index (χ1n) is 10.2. The summed E-state index contributed by atoms with van der Waals surface area (Å²) in [7, 11) is 0. The fraction of sp³-hybridized carbons (Fsp3) is 0.250. The van der Waals surface area contributed by atoms with Crippen molar-refractivity contribution in [3.8, 4) is 6.07 Å². The Morgan fingerprint density at radius 1 is 1.32 bits per heavy atom. The molecule has 0 unspecified atom stereocenters. The van der Waals surface area contributed by atoms with Crippen LogP contribution in [-0.2, 0) is 16.0 Å². The summed E-state index contributed by atoms with van der Waals surface area (Å²) in [5.41, 5.74) is 4.48. The fourth-order valence-corrected chi connectivity index (χ4v) is 4.01. The van der Waals surface area contributed by atoms with Crippen molar-refractivity contribution in [3.05, 3.63) is 64.3 Å². The Kier molecular flexibility index (Phi) is 6.26. The van der Waals surface area contributed by atoms with E-state index < -0.39 is 5.91 Å². The van der Waals surface area contributed by atoms with Crippen molar-refractivity contribution in [1.82, 2.24) is 4.98 Å². The van der Waals surface area contributed by atoms with Crippen molar-refractivity contribution in [2.45, 2.75) is 13.3 Å². The van der Waals surface area contributed by atoms with Gasteiger partial charge < -0.3 is 19.9 Å². The lowest BCUT2D eigenvalue weighted by molar-refractivity contribution is -0.112. The molecule has 31 heavy (non-hydrogen) atoms. The van der Waals surface area contributed by atoms with Crippen LogP contribution in [-0.4, -0.2) is 37.2 Å². The first-order chi connectivity index (χ1) is 15.1. The number of nitrogens with zero attached hydrogens (tertiary/aromatic N) is 2. The molecule has 1 aliphatic heterocycles. The van der Waals surface area contributed by atoms with Crippen LogP contribution in [0.4, 0.5) is 11.4 Å². The summed E-state index contributed by atoms with van der Waals surface area (Å²) >= 11 is 6.18. The van der Waals surface area contributed by atoms with Crippen molar-refractivity contribution in [3.63, 3.8) is 0 Å². The molecule has 1 aliphatic rings. The molecule has 1 aromatic heterocycles. The average Bonchev–Trinajstić information content (AvgIpc) is 3.21. The number of anilines is 2. The topological polar surface area (TPSA) is 81.2 Å². The molecule has 2 heterocycles. The van der Waals surface area contributed by atoms with Crippen molar-refractivity contribution < 1.29 is 9.53 Å². The van der Waals surface area contributed by atoms with Crippen LogP contribution in [0.25, 0.3) is 17.0 Å². The average molecular weight is 435 g/mol. The second-order valence-corrected chi connectivity index (χ2v) is 7.76. The van der Waals surface area contributed by atoms with E-state index in [0.29, 0.717) is 23.9 Å². The first-order valence-corrected chi connectivity index (χ1v) is 10.6. The van der Waals surface area contributed by atoms with Crippen LogP contribution in [0.5, 0.6) is 0 Å². The van der Waals surface area contributed by atoms with Gasteiger partial charge >= 0.3 is 0 Å². The number of rotatable bonds is 5. The molecule has 3 aromatic rings. The molecule has 4 rings (SSSR count). The number of nitrogens with one attached hydrogen (secondary N) is 2. The number of H-pyrrole nitrogens is 1. The number of carbonyl (C=O) groups excluding carboxylic acids is 1. The Morgan fingerprint density at radius 2 is 2.13 bits per heavy atom. The minimum atomic E-state index is -0.472. The summed E-state index contributed by atoms with van der Waals surface area (Å²) in [6.45, 7) is 4.79. The number of amides is 1. The minimum Gasteiger partial charge on any atom is -0.378 e. The maximum absolute atomic E-state index is 13.0. The van der Waals surface area contributed by atoms with E-state index in [4.69, 9.17) is 16.3 Å². The maximum Gasteiger partial charge on any atom is 0.266 e. The minimum absolute atomic E-state index is 0.0238. The normalized spacial score (nSPS) is 14.5. The van der Waals surface area contributed by atoms with Crippen molar-refractivity contribution >= 4 is 45.9 Å². The van der Waals surface area contributed by atoms with Gasteiger partial charge in [-0.1, -0.05) is 36.7 Å². The zero-order valence-electron chi connectivity index (χ0n) is 17.2. The van der Waals surface area contributed by atoms with Crippen molar-refractivity contribution in [2.75, 3.05) is 36.5 Å². The van der Waals surface area contributed by atoms with Crippen molar-refractivity contribution in [2.24, 2.45) is 0 Å². The molecule has 0 radical (unpaired) electrons. The predicted octanol–water partition coefficient (Wildman–Crippen LogP) is 4.77. The Labute approximate surface area is 186 Å². The van der Waals surface area contributed by atoms with E-state index in [1.165, 1.54) is 5.56 Å². The van der Waals surface area contributed by atoms with Gasteiger partial charge in [0.1, 0.15) is 11.6 Å². The van der Waals surface area contributed by atoms with Gasteiger partial charge in [-0.05, 0) is 36.3 Å². The second kappa shape index (κ2) is 9.25. The number of halogens is 1. The molecule has 1 amide bonds. The maximum atomic E-state index is 13.0. The number of fused-ring (bicyclic) bond motifs is 1. The van der Waals surface area contributed by atoms with Gasteiger partial charge in [0.05, 0.1) is 24.6 Å². The summed E-state index contributed by atoms with van der Waals surface area (Å²) in [6.07, 6.45) is 4.34. The summed E-state index contributed by atoms with van der Waals surface area (Å²) in [5, 5.41) is 14.0. The molecule has 7 heteroatoms. The third-order valence-corrected chi connectivity index (χ3v) is 5.67. The highest BCUT2D eigenvalue weighted by atomic mass is 35.5. The van der Waals surface area contributed by atoms with Gasteiger partial charge in [0.25, 0.3) is 5.91 Å². The largest absolute Gasteiger partial charge is 0.378 e.